The summed E-state index contributed by atoms with van der Waals surface area (Å²) in [7, 11) is 1.79. The van der Waals surface area contributed by atoms with E-state index in [4.69, 9.17) is 0 Å². The minimum Gasteiger partial charge on any atom is -0.355 e. The van der Waals surface area contributed by atoms with Crippen molar-refractivity contribution in [2.45, 2.75) is 33.4 Å². The van der Waals surface area contributed by atoms with Gasteiger partial charge in [0.25, 0.3) is 0 Å². The van der Waals surface area contributed by atoms with E-state index in [-0.39, 0.29) is 0 Å². The molecule has 0 aliphatic rings. The van der Waals surface area contributed by atoms with Crippen molar-refractivity contribution < 1.29 is 0 Å². The van der Waals surface area contributed by atoms with Crippen LogP contribution in [0.1, 0.15) is 20.8 Å². The van der Waals surface area contributed by atoms with E-state index < -0.39 is 0 Å². The molecule has 5 nitrogen and oxygen atoms in total. The summed E-state index contributed by atoms with van der Waals surface area (Å²) in [6, 6.07) is 0.412. The Labute approximate surface area is 103 Å². The first-order valence-corrected chi connectivity index (χ1v) is 6.06. The van der Waals surface area contributed by atoms with Crippen LogP contribution >= 0.6 is 0 Å². The number of nitrogens with one attached hydrogen (secondary N) is 2. The van der Waals surface area contributed by atoms with Crippen LogP contribution in [0.25, 0.3) is 0 Å². The first-order valence-electron chi connectivity index (χ1n) is 6.06. The molecule has 1 aromatic heterocycles. The van der Waals surface area contributed by atoms with E-state index in [0.717, 1.165) is 19.0 Å². The molecule has 1 aromatic rings. The maximum Gasteiger partial charge on any atom is 0.191 e. The number of rotatable bonds is 5. The van der Waals surface area contributed by atoms with Gasteiger partial charge in [0, 0.05) is 38.6 Å². The Hall–Kier alpha value is -1.52. The average molecular weight is 237 g/mol. The lowest BCUT2D eigenvalue weighted by molar-refractivity contribution is 0.480. The molecule has 1 unspecified atom stereocenters. The van der Waals surface area contributed by atoms with E-state index in [9.17, 15) is 0 Å². The Morgan fingerprint density at radius 1 is 1.41 bits per heavy atom. The van der Waals surface area contributed by atoms with E-state index in [1.165, 1.54) is 0 Å². The summed E-state index contributed by atoms with van der Waals surface area (Å²) in [5, 5.41) is 6.64. The minimum atomic E-state index is 0.412. The number of imidazole rings is 1. The van der Waals surface area contributed by atoms with Gasteiger partial charge in [0.15, 0.2) is 5.96 Å². The second-order valence-electron chi connectivity index (χ2n) is 4.48. The van der Waals surface area contributed by atoms with Gasteiger partial charge in [0.1, 0.15) is 0 Å². The van der Waals surface area contributed by atoms with Crippen LogP contribution in [0.5, 0.6) is 0 Å². The molecule has 0 saturated carbocycles. The van der Waals surface area contributed by atoms with Gasteiger partial charge in [-0.3, -0.25) is 4.99 Å². The third-order valence-corrected chi connectivity index (χ3v) is 2.81. The number of aliphatic imine (C=N–C) groups is 1. The highest BCUT2D eigenvalue weighted by Gasteiger charge is 2.08. The van der Waals surface area contributed by atoms with Crippen LogP contribution in [0.4, 0.5) is 0 Å². The molecule has 96 valence electrons. The molecule has 0 fully saturated rings. The van der Waals surface area contributed by atoms with Gasteiger partial charge in [0.2, 0.25) is 0 Å². The normalized spacial score (nSPS) is 13.8. The quantitative estimate of drug-likeness (QED) is 0.595. The largest absolute Gasteiger partial charge is 0.355 e. The number of aromatic nitrogens is 2. The lowest BCUT2D eigenvalue weighted by Crippen LogP contribution is -2.45. The topological polar surface area (TPSA) is 54.2 Å². The van der Waals surface area contributed by atoms with E-state index in [1.807, 2.05) is 17.1 Å². The van der Waals surface area contributed by atoms with Crippen molar-refractivity contribution in [2.24, 2.45) is 10.9 Å². The molecule has 0 aliphatic heterocycles. The fourth-order valence-corrected chi connectivity index (χ4v) is 1.30. The molecule has 0 spiro atoms. The Morgan fingerprint density at radius 2 is 2.18 bits per heavy atom. The first kappa shape index (κ1) is 13.5. The maximum absolute atomic E-state index is 4.20. The third-order valence-electron chi connectivity index (χ3n) is 2.81. The fourth-order valence-electron chi connectivity index (χ4n) is 1.30. The smallest absolute Gasteiger partial charge is 0.191 e. The lowest BCUT2D eigenvalue weighted by Gasteiger charge is -2.20. The van der Waals surface area contributed by atoms with Gasteiger partial charge in [-0.2, -0.15) is 0 Å². The van der Waals surface area contributed by atoms with Crippen LogP contribution < -0.4 is 10.6 Å². The van der Waals surface area contributed by atoms with Crippen LogP contribution in [0.15, 0.2) is 23.7 Å². The SMILES string of the molecule is CN=C(NCCn1ccnc1)NC(C)C(C)C. The number of hydrogen-bond acceptors (Lipinski definition) is 2. The Kier molecular flexibility index (Phi) is 5.52. The monoisotopic (exact) mass is 237 g/mol. The number of hydrogen-bond donors (Lipinski definition) is 2. The summed E-state index contributed by atoms with van der Waals surface area (Å²) >= 11 is 0. The first-order chi connectivity index (χ1) is 8.13. The summed E-state index contributed by atoms with van der Waals surface area (Å²) in [5.74, 6) is 1.44. The van der Waals surface area contributed by atoms with Gasteiger partial charge in [-0.25, -0.2) is 4.98 Å². The molecule has 0 amide bonds. The fraction of sp³-hybridized carbons (Fsp3) is 0.667. The van der Waals surface area contributed by atoms with E-state index in [0.29, 0.717) is 12.0 Å². The molecule has 1 atom stereocenters. The molecule has 0 radical (unpaired) electrons. The standard InChI is InChI=1S/C12H23N5/c1-10(2)11(3)16-12(13-4)15-6-8-17-7-5-14-9-17/h5,7,9-11H,6,8H2,1-4H3,(H2,13,15,16). The van der Waals surface area contributed by atoms with Gasteiger partial charge in [-0.05, 0) is 12.8 Å². The Morgan fingerprint density at radius 3 is 2.71 bits per heavy atom. The molecule has 0 aliphatic carbocycles. The van der Waals surface area contributed by atoms with Gasteiger partial charge >= 0.3 is 0 Å². The number of nitrogens with zero attached hydrogens (tertiary/aromatic N) is 3. The predicted octanol–water partition coefficient (Wildman–Crippen LogP) is 1.09. The van der Waals surface area contributed by atoms with Gasteiger partial charge in [-0.1, -0.05) is 13.8 Å². The minimum absolute atomic E-state index is 0.412. The Bertz CT molecular complexity index is 329. The third kappa shape index (κ3) is 4.89. The van der Waals surface area contributed by atoms with Gasteiger partial charge < -0.3 is 15.2 Å². The average Bonchev–Trinajstić information content (AvgIpc) is 2.80. The molecule has 5 heteroatoms. The molecule has 1 rings (SSSR count). The zero-order valence-corrected chi connectivity index (χ0v) is 11.1. The van der Waals surface area contributed by atoms with E-state index in [2.05, 4.69) is 41.4 Å². The predicted molar refractivity (Wildman–Crippen MR) is 71.0 cm³/mol. The highest BCUT2D eigenvalue weighted by atomic mass is 15.2. The molecule has 2 N–H and O–H groups in total. The van der Waals surface area contributed by atoms with Crippen molar-refractivity contribution in [3.63, 3.8) is 0 Å². The van der Waals surface area contributed by atoms with E-state index >= 15 is 0 Å². The van der Waals surface area contributed by atoms with Crippen LogP contribution in [-0.4, -0.2) is 35.1 Å². The summed E-state index contributed by atoms with van der Waals surface area (Å²) in [5.41, 5.74) is 0. The van der Waals surface area contributed by atoms with Crippen molar-refractivity contribution in [2.75, 3.05) is 13.6 Å². The van der Waals surface area contributed by atoms with Crippen LogP contribution in [0.3, 0.4) is 0 Å². The van der Waals surface area contributed by atoms with Crippen molar-refractivity contribution in [3.8, 4) is 0 Å². The molecule has 0 saturated heterocycles. The highest BCUT2D eigenvalue weighted by molar-refractivity contribution is 5.79. The molecular weight excluding hydrogens is 214 g/mol. The zero-order valence-electron chi connectivity index (χ0n) is 11.1. The van der Waals surface area contributed by atoms with Crippen molar-refractivity contribution in [1.82, 2.24) is 20.2 Å². The molecule has 1 heterocycles. The highest BCUT2D eigenvalue weighted by Crippen LogP contribution is 1.98. The molecule has 0 aromatic carbocycles. The second-order valence-corrected chi connectivity index (χ2v) is 4.48. The zero-order chi connectivity index (χ0) is 12.7. The summed E-state index contributed by atoms with van der Waals surface area (Å²) < 4.78 is 2.03. The molecule has 0 bridgehead atoms. The Balaban J connectivity index is 2.28. The maximum atomic E-state index is 4.20. The molecular formula is C12H23N5. The second kappa shape index (κ2) is 6.93. The van der Waals surface area contributed by atoms with Gasteiger partial charge in [-0.15, -0.1) is 0 Å². The van der Waals surface area contributed by atoms with Crippen molar-refractivity contribution in [1.29, 1.82) is 0 Å². The summed E-state index contributed by atoms with van der Waals surface area (Å²) in [6.07, 6.45) is 5.55. The summed E-state index contributed by atoms with van der Waals surface area (Å²) in [4.78, 5) is 8.20. The van der Waals surface area contributed by atoms with E-state index in [1.54, 1.807) is 13.2 Å². The van der Waals surface area contributed by atoms with Gasteiger partial charge in [0.05, 0.1) is 6.33 Å². The lowest BCUT2D eigenvalue weighted by atomic mass is 10.1. The van der Waals surface area contributed by atoms with Crippen LogP contribution in [-0.2, 0) is 6.54 Å². The molecule has 17 heavy (non-hydrogen) atoms. The van der Waals surface area contributed by atoms with Crippen LogP contribution in [0.2, 0.25) is 0 Å². The number of guanidine groups is 1. The van der Waals surface area contributed by atoms with Crippen molar-refractivity contribution >= 4 is 5.96 Å². The summed E-state index contributed by atoms with van der Waals surface area (Å²) in [6.45, 7) is 8.26. The van der Waals surface area contributed by atoms with Crippen LogP contribution in [0, 0.1) is 5.92 Å². The van der Waals surface area contributed by atoms with Crippen molar-refractivity contribution in [3.05, 3.63) is 18.7 Å².